The van der Waals surface area contributed by atoms with Gasteiger partial charge in [-0.05, 0) is 73.8 Å². The summed E-state index contributed by atoms with van der Waals surface area (Å²) in [5, 5.41) is -0.113. The number of halogens is 7. The summed E-state index contributed by atoms with van der Waals surface area (Å²) in [5.41, 5.74) is 1.97. The van der Waals surface area contributed by atoms with E-state index in [-0.39, 0.29) is 74.7 Å². The highest BCUT2D eigenvalue weighted by Crippen LogP contribution is 2.48. The maximum Gasteiger partial charge on any atom is 0.419 e. The van der Waals surface area contributed by atoms with Crippen molar-refractivity contribution in [1.82, 2.24) is 24.8 Å². The summed E-state index contributed by atoms with van der Waals surface area (Å²) in [7, 11) is 2.95. The zero-order valence-electron chi connectivity index (χ0n) is 36.1. The lowest BCUT2D eigenvalue weighted by Gasteiger charge is -2.32. The molecule has 0 aliphatic carbocycles. The van der Waals surface area contributed by atoms with E-state index in [1.807, 2.05) is 11.8 Å². The van der Waals surface area contributed by atoms with Crippen molar-refractivity contribution in [3.8, 4) is 34.6 Å². The van der Waals surface area contributed by atoms with Gasteiger partial charge in [-0.15, -0.1) is 0 Å². The van der Waals surface area contributed by atoms with Crippen molar-refractivity contribution in [2.45, 2.75) is 63.2 Å². The molecule has 3 aromatic heterocycles. The van der Waals surface area contributed by atoms with Gasteiger partial charge in [0, 0.05) is 43.4 Å². The first kappa shape index (κ1) is 44.6. The molecule has 2 fully saturated rings. The number of alkyl halides is 4. The summed E-state index contributed by atoms with van der Waals surface area (Å²) in [6, 6.07) is 16.5. The highest BCUT2D eigenvalue weighted by Gasteiger charge is 2.50. The lowest BCUT2D eigenvalue weighted by molar-refractivity contribution is -0.139. The van der Waals surface area contributed by atoms with E-state index in [2.05, 4.69) is 15.0 Å². The van der Waals surface area contributed by atoms with E-state index in [0.717, 1.165) is 12.5 Å². The van der Waals surface area contributed by atoms with Crippen LogP contribution in [0.4, 0.5) is 48.1 Å². The third-order valence-corrected chi connectivity index (χ3v) is 12.7. The molecule has 3 aliphatic heterocycles. The Labute approximate surface area is 375 Å². The maximum atomic E-state index is 17.7. The Morgan fingerprint density at radius 1 is 0.909 bits per heavy atom. The van der Waals surface area contributed by atoms with Crippen LogP contribution in [0.1, 0.15) is 54.5 Å². The van der Waals surface area contributed by atoms with Crippen molar-refractivity contribution in [1.29, 1.82) is 0 Å². The number of rotatable bonds is 13. The third-order valence-electron chi connectivity index (χ3n) is 12.7. The van der Waals surface area contributed by atoms with Gasteiger partial charge in [-0.3, -0.25) is 4.90 Å². The van der Waals surface area contributed by atoms with Crippen molar-refractivity contribution in [2.75, 3.05) is 62.6 Å². The average Bonchev–Trinajstić information content (AvgIpc) is 3.77. The minimum Gasteiger partial charge on any atom is -0.497 e. The molecule has 0 amide bonds. The molecule has 2 N–H and O–H groups in total. The summed E-state index contributed by atoms with van der Waals surface area (Å²) in [6.07, 6.45) is -3.48. The molecule has 3 aromatic carbocycles. The van der Waals surface area contributed by atoms with Crippen LogP contribution in [-0.4, -0.2) is 83.6 Å². The minimum absolute atomic E-state index is 0.0546. The second kappa shape index (κ2) is 17.6. The summed E-state index contributed by atoms with van der Waals surface area (Å²) in [4.78, 5) is 22.8. The molecule has 12 nitrogen and oxygen atoms in total. The van der Waals surface area contributed by atoms with Gasteiger partial charge < -0.3 is 34.5 Å². The number of pyridine rings is 2. The van der Waals surface area contributed by atoms with Gasteiger partial charge in [0.05, 0.1) is 38.0 Å². The molecule has 0 saturated carbocycles. The molecule has 3 atom stereocenters. The van der Waals surface area contributed by atoms with Crippen LogP contribution < -0.4 is 34.5 Å². The van der Waals surface area contributed by atoms with Crippen molar-refractivity contribution in [3.63, 3.8) is 0 Å². The first-order valence-electron chi connectivity index (χ1n) is 21.3. The summed E-state index contributed by atoms with van der Waals surface area (Å²) >= 11 is 0. The van der Waals surface area contributed by atoms with Crippen LogP contribution in [0, 0.1) is 17.5 Å². The Balaban J connectivity index is 1.23. The van der Waals surface area contributed by atoms with Crippen molar-refractivity contribution in [3.05, 3.63) is 113 Å². The quantitative estimate of drug-likeness (QED) is 0.111. The second-order valence-electron chi connectivity index (χ2n) is 16.7. The van der Waals surface area contributed by atoms with E-state index < -0.39 is 69.4 Å². The minimum atomic E-state index is -5.54. The predicted molar refractivity (Wildman–Crippen MR) is 232 cm³/mol. The van der Waals surface area contributed by atoms with Crippen molar-refractivity contribution >= 4 is 28.2 Å². The fourth-order valence-electron chi connectivity index (χ4n) is 9.42. The van der Waals surface area contributed by atoms with Crippen LogP contribution in [0.25, 0.3) is 22.2 Å². The number of benzene rings is 3. The van der Waals surface area contributed by atoms with Crippen LogP contribution in [0.2, 0.25) is 0 Å². The molecule has 3 aliphatic rings. The molecular weight excluding hydrogens is 874 g/mol. The number of nitrogens with zero attached hydrogens (tertiary/aromatic N) is 7. The fourth-order valence-corrected chi connectivity index (χ4v) is 9.42. The van der Waals surface area contributed by atoms with Gasteiger partial charge in [0.2, 0.25) is 5.88 Å². The molecule has 0 unspecified atom stereocenters. The van der Waals surface area contributed by atoms with Gasteiger partial charge in [-0.25, -0.2) is 27.5 Å². The predicted octanol–water partition coefficient (Wildman–Crippen LogP) is 9.24. The first-order valence-corrected chi connectivity index (χ1v) is 21.3. The van der Waals surface area contributed by atoms with Crippen LogP contribution in [0.3, 0.4) is 0 Å². The van der Waals surface area contributed by atoms with Crippen LogP contribution in [-0.2, 0) is 19.3 Å². The molecule has 0 spiro atoms. The Morgan fingerprint density at radius 3 is 2.23 bits per heavy atom. The molecule has 66 heavy (non-hydrogen) atoms. The molecule has 2 saturated heterocycles. The maximum absolute atomic E-state index is 17.7. The molecule has 9 rings (SSSR count). The number of fused-ring (bicyclic) bond motifs is 1. The smallest absolute Gasteiger partial charge is 0.419 e. The SMILES string of the molecule is COc1ccc(CN(Cc2ccc(OC)cc2)c2cc(-c3nc4c5c(nc(OC[C@@]67CCCN6C[C@H](F)C7)nc5c3F)N([C@H](C)c3cccnc3N)CCO4)c(C(F)(F)F)c(F)c2F)cc1. The van der Waals surface area contributed by atoms with Crippen molar-refractivity contribution < 1.29 is 49.7 Å². The first-order chi connectivity index (χ1) is 31.7. The molecule has 0 bridgehead atoms. The normalized spacial score (nSPS) is 18.8. The number of hydrogen-bond acceptors (Lipinski definition) is 12. The van der Waals surface area contributed by atoms with Gasteiger partial charge in [-0.2, -0.15) is 23.1 Å². The molecule has 6 heterocycles. The number of hydrogen-bond donors (Lipinski definition) is 1. The molecule has 346 valence electrons. The Kier molecular flexibility index (Phi) is 11.9. The summed E-state index contributed by atoms with van der Waals surface area (Å²) in [6.45, 7) is 2.33. The average molecular weight is 919 g/mol. The van der Waals surface area contributed by atoms with Crippen LogP contribution in [0.5, 0.6) is 23.4 Å². The number of nitrogens with two attached hydrogens (primary N) is 1. The Morgan fingerprint density at radius 2 is 1.59 bits per heavy atom. The Hall–Kier alpha value is -6.63. The van der Waals surface area contributed by atoms with E-state index in [9.17, 15) is 4.39 Å². The number of ether oxygens (including phenoxy) is 4. The van der Waals surface area contributed by atoms with Gasteiger partial charge in [0.25, 0.3) is 0 Å². The highest BCUT2D eigenvalue weighted by molar-refractivity contribution is 5.97. The number of nitrogen functional groups attached to an aromatic ring is 1. The van der Waals surface area contributed by atoms with E-state index in [1.54, 1.807) is 65.6 Å². The van der Waals surface area contributed by atoms with Crippen LogP contribution >= 0.6 is 0 Å². The second-order valence-corrected chi connectivity index (χ2v) is 16.7. The fraction of sp³-hybridized carbons (Fsp3) is 0.362. The van der Waals surface area contributed by atoms with E-state index in [1.165, 1.54) is 25.3 Å². The molecule has 0 radical (unpaired) electrons. The zero-order chi connectivity index (χ0) is 46.5. The van der Waals surface area contributed by atoms with Gasteiger partial charge in [-0.1, -0.05) is 30.3 Å². The van der Waals surface area contributed by atoms with Crippen molar-refractivity contribution in [2.24, 2.45) is 0 Å². The lowest BCUT2D eigenvalue weighted by atomic mass is 9.95. The molecule has 19 heteroatoms. The largest absolute Gasteiger partial charge is 0.497 e. The topological polar surface area (TPSA) is 124 Å². The number of anilines is 3. The van der Waals surface area contributed by atoms with E-state index in [4.69, 9.17) is 29.7 Å². The monoisotopic (exact) mass is 918 g/mol. The van der Waals surface area contributed by atoms with Gasteiger partial charge in [0.1, 0.15) is 64.7 Å². The number of aromatic nitrogens is 4. The van der Waals surface area contributed by atoms with Crippen LogP contribution in [0.15, 0.2) is 72.9 Å². The lowest BCUT2D eigenvalue weighted by Crippen LogP contribution is -2.43. The standard InChI is InChI=1S/C47H45F7N8O4/c1-26(32-6-4-16-56-42(32)55)62-18-19-65-44-35-41(58-45(59-43(35)62)66-25-46-15-5-17-61(46)24-29(48)21-46)39(51)40(57-44)33-20-34(37(49)38(50)36(33)47(52,53)54)60(22-27-7-11-30(63-2)12-8-27)23-28-9-13-31(64-3)14-10-28/h4,6-14,16,20,26,29H,5,15,17-19,21-25H2,1-3H3,(H2,55,56)/t26-,29-,46+/m1/s1. The zero-order valence-corrected chi connectivity index (χ0v) is 36.1. The van der Waals surface area contributed by atoms with Gasteiger partial charge in [0.15, 0.2) is 17.5 Å². The van der Waals surface area contributed by atoms with Gasteiger partial charge >= 0.3 is 12.2 Å². The number of methoxy groups -OCH3 is 2. The Bertz CT molecular complexity index is 2720. The van der Waals surface area contributed by atoms with E-state index in [0.29, 0.717) is 41.2 Å². The molecule has 6 aromatic rings. The third kappa shape index (κ3) is 8.28. The summed E-state index contributed by atoms with van der Waals surface area (Å²) in [5.74, 6) is -4.55. The molecular formula is C47H45F7N8O4. The summed E-state index contributed by atoms with van der Waals surface area (Å²) < 4.78 is 134. The van der Waals surface area contributed by atoms with E-state index >= 15 is 26.3 Å². The highest BCUT2D eigenvalue weighted by atomic mass is 19.4.